The van der Waals surface area contributed by atoms with E-state index in [1.165, 1.54) is 0 Å². The topological polar surface area (TPSA) is 43.7 Å². The molecule has 1 unspecified atom stereocenters. The number of nitrogens with zero attached hydrogens (tertiary/aromatic N) is 2. The Morgan fingerprint density at radius 3 is 2.33 bits per heavy atom. The Morgan fingerprint density at radius 1 is 1.21 bits per heavy atom. The Morgan fingerprint density at radius 2 is 1.83 bits per heavy atom. The van der Waals surface area contributed by atoms with E-state index in [2.05, 4.69) is 11.9 Å². The van der Waals surface area contributed by atoms with Gasteiger partial charge in [0.1, 0.15) is 0 Å². The van der Waals surface area contributed by atoms with Crippen LogP contribution in [0.4, 0.5) is 0 Å². The van der Waals surface area contributed by atoms with Gasteiger partial charge in [-0.25, -0.2) is 0 Å². The van der Waals surface area contributed by atoms with E-state index in [4.69, 9.17) is 9.31 Å². The molecular formula is C18H29BN2O3. The van der Waals surface area contributed by atoms with Crippen molar-refractivity contribution in [3.63, 3.8) is 0 Å². The highest BCUT2D eigenvalue weighted by Crippen LogP contribution is 2.36. The number of hydrogen-bond donors (Lipinski definition) is 0. The van der Waals surface area contributed by atoms with Crippen LogP contribution in [-0.4, -0.2) is 47.9 Å². The molecule has 1 aromatic rings. The highest BCUT2D eigenvalue weighted by atomic mass is 16.7. The molecule has 6 heteroatoms. The summed E-state index contributed by atoms with van der Waals surface area (Å²) >= 11 is 0. The van der Waals surface area contributed by atoms with Crippen molar-refractivity contribution in [2.75, 3.05) is 20.1 Å². The van der Waals surface area contributed by atoms with Crippen LogP contribution < -0.4 is 11.0 Å². The second-order valence-corrected chi connectivity index (χ2v) is 8.38. The van der Waals surface area contributed by atoms with E-state index in [1.807, 2.05) is 45.3 Å². The fourth-order valence-corrected chi connectivity index (χ4v) is 3.54. The maximum absolute atomic E-state index is 12.6. The lowest BCUT2D eigenvalue weighted by atomic mass is 9.79. The van der Waals surface area contributed by atoms with Gasteiger partial charge in [0, 0.05) is 24.8 Å². The summed E-state index contributed by atoms with van der Waals surface area (Å²) in [6, 6.07) is 3.70. The summed E-state index contributed by atoms with van der Waals surface area (Å²) in [6.07, 6.45) is 1.15. The molecule has 0 saturated carbocycles. The minimum Gasteiger partial charge on any atom is -0.399 e. The number of aromatic nitrogens is 1. The molecule has 2 aliphatic rings. The summed E-state index contributed by atoms with van der Waals surface area (Å²) in [7, 11) is 1.66. The zero-order valence-corrected chi connectivity index (χ0v) is 15.8. The van der Waals surface area contributed by atoms with Crippen LogP contribution in [0.15, 0.2) is 16.9 Å². The molecule has 0 aromatic carbocycles. The summed E-state index contributed by atoms with van der Waals surface area (Å²) in [5, 5.41) is 0. The molecule has 0 N–H and O–H groups in total. The first-order valence-electron chi connectivity index (χ1n) is 8.85. The molecule has 3 heterocycles. The lowest BCUT2D eigenvalue weighted by molar-refractivity contribution is 0.00578. The van der Waals surface area contributed by atoms with Crippen molar-refractivity contribution in [2.24, 2.45) is 5.92 Å². The molecule has 1 atom stereocenters. The molecule has 2 aliphatic heterocycles. The van der Waals surface area contributed by atoms with Gasteiger partial charge in [-0.05, 0) is 72.1 Å². The minimum atomic E-state index is -0.478. The number of aryl methyl sites for hydroxylation is 1. The summed E-state index contributed by atoms with van der Waals surface area (Å²) in [4.78, 5) is 15.0. The molecule has 132 valence electrons. The van der Waals surface area contributed by atoms with Crippen LogP contribution in [-0.2, 0) is 15.9 Å². The predicted molar refractivity (Wildman–Crippen MR) is 96.8 cm³/mol. The van der Waals surface area contributed by atoms with E-state index in [9.17, 15) is 4.79 Å². The third kappa shape index (κ3) is 3.19. The van der Waals surface area contributed by atoms with Crippen molar-refractivity contribution in [3.8, 4) is 0 Å². The van der Waals surface area contributed by atoms with Crippen molar-refractivity contribution in [3.05, 3.63) is 28.2 Å². The Labute approximate surface area is 145 Å². The van der Waals surface area contributed by atoms with Crippen molar-refractivity contribution in [2.45, 2.75) is 58.8 Å². The maximum atomic E-state index is 12.6. The summed E-state index contributed by atoms with van der Waals surface area (Å²) in [5.74, 6) is 0.550. The lowest BCUT2D eigenvalue weighted by Crippen LogP contribution is -2.41. The minimum absolute atomic E-state index is 0.0364. The monoisotopic (exact) mass is 332 g/mol. The average molecular weight is 332 g/mol. The third-order valence-electron chi connectivity index (χ3n) is 5.81. The molecule has 0 bridgehead atoms. The zero-order chi connectivity index (χ0) is 17.7. The standard InChI is InChI=1S/C18H29BN2O3/c1-13-9-15(19-23-17(2,3)18(4,5)24-19)10-16(22)21(13)12-14-7-8-20(6)11-14/h9-10,14H,7-8,11-12H2,1-6H3. The van der Waals surface area contributed by atoms with Crippen molar-refractivity contribution in [1.29, 1.82) is 0 Å². The van der Waals surface area contributed by atoms with E-state index in [-0.39, 0.29) is 5.56 Å². The molecule has 0 radical (unpaired) electrons. The quantitative estimate of drug-likeness (QED) is 0.785. The van der Waals surface area contributed by atoms with Gasteiger partial charge in [0.15, 0.2) is 0 Å². The van der Waals surface area contributed by atoms with Crippen molar-refractivity contribution in [1.82, 2.24) is 9.47 Å². The fourth-order valence-electron chi connectivity index (χ4n) is 3.54. The number of hydrogen-bond acceptors (Lipinski definition) is 4. The van der Waals surface area contributed by atoms with Gasteiger partial charge in [0.25, 0.3) is 0 Å². The van der Waals surface area contributed by atoms with Crippen molar-refractivity contribution >= 4 is 12.6 Å². The highest BCUT2D eigenvalue weighted by molar-refractivity contribution is 6.62. The van der Waals surface area contributed by atoms with E-state index in [0.717, 1.165) is 37.2 Å². The van der Waals surface area contributed by atoms with Crippen LogP contribution in [0.2, 0.25) is 0 Å². The van der Waals surface area contributed by atoms with Crippen LogP contribution in [0.3, 0.4) is 0 Å². The maximum Gasteiger partial charge on any atom is 0.495 e. The normalized spacial score (nSPS) is 26.2. The SMILES string of the molecule is Cc1cc(B2OC(C)(C)C(C)(C)O2)cc(=O)n1CC1CCN(C)C1. The number of likely N-dealkylation sites (tertiary alicyclic amines) is 1. The first-order chi connectivity index (χ1) is 11.1. The van der Waals surface area contributed by atoms with Gasteiger partial charge in [-0.2, -0.15) is 0 Å². The van der Waals surface area contributed by atoms with Gasteiger partial charge < -0.3 is 18.8 Å². The molecule has 0 aliphatic carbocycles. The molecule has 24 heavy (non-hydrogen) atoms. The first-order valence-corrected chi connectivity index (χ1v) is 8.85. The Bertz CT molecular complexity index is 667. The zero-order valence-electron chi connectivity index (χ0n) is 15.8. The third-order valence-corrected chi connectivity index (χ3v) is 5.81. The van der Waals surface area contributed by atoms with Crippen LogP contribution in [0, 0.1) is 12.8 Å². The molecular weight excluding hydrogens is 303 g/mol. The molecule has 2 fully saturated rings. The van der Waals surface area contributed by atoms with Crippen LogP contribution in [0.5, 0.6) is 0 Å². The Hall–Kier alpha value is -1.11. The summed E-state index contributed by atoms with van der Waals surface area (Å²) in [5.41, 5.74) is 1.04. The first kappa shape index (κ1) is 17.7. The van der Waals surface area contributed by atoms with E-state index >= 15 is 0 Å². The second-order valence-electron chi connectivity index (χ2n) is 8.38. The smallest absolute Gasteiger partial charge is 0.399 e. The molecule has 0 spiro atoms. The van der Waals surface area contributed by atoms with Crippen LogP contribution >= 0.6 is 0 Å². The van der Waals surface area contributed by atoms with E-state index < -0.39 is 18.3 Å². The molecule has 5 nitrogen and oxygen atoms in total. The van der Waals surface area contributed by atoms with Gasteiger partial charge in [-0.15, -0.1) is 0 Å². The molecule has 2 saturated heterocycles. The summed E-state index contributed by atoms with van der Waals surface area (Å²) in [6.45, 7) is 13.1. The number of pyridine rings is 1. The van der Waals surface area contributed by atoms with Crippen LogP contribution in [0.25, 0.3) is 0 Å². The van der Waals surface area contributed by atoms with Crippen LogP contribution in [0.1, 0.15) is 39.8 Å². The number of rotatable bonds is 3. The van der Waals surface area contributed by atoms with Gasteiger partial charge in [0.2, 0.25) is 5.56 Å². The molecule has 3 rings (SSSR count). The van der Waals surface area contributed by atoms with Gasteiger partial charge in [-0.1, -0.05) is 0 Å². The Balaban J connectivity index is 1.82. The second kappa shape index (κ2) is 6.01. The van der Waals surface area contributed by atoms with Gasteiger partial charge in [0.05, 0.1) is 11.2 Å². The largest absolute Gasteiger partial charge is 0.495 e. The predicted octanol–water partition coefficient (Wildman–Crippen LogP) is 1.41. The van der Waals surface area contributed by atoms with Gasteiger partial charge in [-0.3, -0.25) is 4.79 Å². The van der Waals surface area contributed by atoms with E-state index in [0.29, 0.717) is 5.92 Å². The Kier molecular flexibility index (Phi) is 4.43. The molecule has 0 amide bonds. The van der Waals surface area contributed by atoms with Gasteiger partial charge >= 0.3 is 7.12 Å². The van der Waals surface area contributed by atoms with E-state index in [1.54, 1.807) is 6.07 Å². The average Bonchev–Trinajstić information content (AvgIpc) is 2.95. The fraction of sp³-hybridized carbons (Fsp3) is 0.722. The summed E-state index contributed by atoms with van der Waals surface area (Å²) < 4.78 is 14.0. The lowest BCUT2D eigenvalue weighted by Gasteiger charge is -2.32. The molecule has 1 aromatic heterocycles. The van der Waals surface area contributed by atoms with Crippen molar-refractivity contribution < 1.29 is 9.31 Å². The highest BCUT2D eigenvalue weighted by Gasteiger charge is 2.51.